The number of nitrogens with zero attached hydrogens (tertiary/aromatic N) is 2. The first-order chi connectivity index (χ1) is 15.3. The molecule has 162 valence electrons. The number of hydrogen-bond donors (Lipinski definition) is 1. The summed E-state index contributed by atoms with van der Waals surface area (Å²) in [5.74, 6) is -2.74. The monoisotopic (exact) mass is 472 g/mol. The van der Waals surface area contributed by atoms with Gasteiger partial charge in [-0.05, 0) is 48.0 Å². The Kier molecular flexibility index (Phi) is 5.86. The standard InChI is InChI=1S/C23H15Cl2FN2O4/c1-32-22-16(9-13(24)10-17(22)25)20(29)18-19(12-3-2-8-27-11-12)28(23(31)21(18)30)15-6-4-14(26)5-7-15/h2-11,19,29H,1H3/b20-18+. The summed E-state index contributed by atoms with van der Waals surface area (Å²) in [5, 5.41) is 11.5. The van der Waals surface area contributed by atoms with E-state index in [1.165, 1.54) is 60.8 Å². The van der Waals surface area contributed by atoms with E-state index in [4.69, 9.17) is 27.9 Å². The first-order valence-corrected chi connectivity index (χ1v) is 10.1. The van der Waals surface area contributed by atoms with Gasteiger partial charge < -0.3 is 9.84 Å². The number of carbonyl (C=O) groups is 2. The Morgan fingerprint density at radius 3 is 2.50 bits per heavy atom. The highest BCUT2D eigenvalue weighted by molar-refractivity contribution is 6.51. The van der Waals surface area contributed by atoms with Gasteiger partial charge in [0.2, 0.25) is 0 Å². The van der Waals surface area contributed by atoms with E-state index in [0.717, 1.165) is 0 Å². The molecule has 9 heteroatoms. The molecule has 0 spiro atoms. The first kappa shape index (κ1) is 21.8. The van der Waals surface area contributed by atoms with Gasteiger partial charge in [-0.1, -0.05) is 29.3 Å². The molecule has 1 aliphatic heterocycles. The zero-order valence-electron chi connectivity index (χ0n) is 16.6. The largest absolute Gasteiger partial charge is 0.507 e. The second-order valence-electron chi connectivity index (χ2n) is 6.90. The fraction of sp³-hybridized carbons (Fsp3) is 0.0870. The third-order valence-corrected chi connectivity index (χ3v) is 5.52. The average Bonchev–Trinajstić information content (AvgIpc) is 3.04. The molecular formula is C23H15Cl2FN2O4. The summed E-state index contributed by atoms with van der Waals surface area (Å²) in [6.07, 6.45) is 3.01. The van der Waals surface area contributed by atoms with Crippen molar-refractivity contribution in [3.63, 3.8) is 0 Å². The molecule has 1 aliphatic rings. The third-order valence-electron chi connectivity index (χ3n) is 5.02. The summed E-state index contributed by atoms with van der Waals surface area (Å²) in [5.41, 5.74) is 0.585. The number of amides is 1. The molecule has 3 aromatic rings. The molecule has 0 radical (unpaired) electrons. The van der Waals surface area contributed by atoms with Crippen LogP contribution >= 0.6 is 23.2 Å². The maximum Gasteiger partial charge on any atom is 0.300 e. The van der Waals surface area contributed by atoms with Crippen LogP contribution in [0.4, 0.5) is 10.1 Å². The Labute approximate surface area is 192 Å². The minimum absolute atomic E-state index is 0.0518. The molecule has 1 aromatic heterocycles. The zero-order chi connectivity index (χ0) is 23.0. The van der Waals surface area contributed by atoms with Crippen molar-refractivity contribution in [3.05, 3.63) is 93.5 Å². The Morgan fingerprint density at radius 1 is 1.16 bits per heavy atom. The number of aromatic nitrogens is 1. The summed E-state index contributed by atoms with van der Waals surface area (Å²) in [6, 6.07) is 10.2. The van der Waals surface area contributed by atoms with Gasteiger partial charge in [-0.15, -0.1) is 0 Å². The highest BCUT2D eigenvalue weighted by Crippen LogP contribution is 2.44. The molecule has 0 bridgehead atoms. The van der Waals surface area contributed by atoms with Crippen molar-refractivity contribution < 1.29 is 23.8 Å². The zero-order valence-corrected chi connectivity index (χ0v) is 18.1. The SMILES string of the molecule is COc1c(Cl)cc(Cl)cc1/C(O)=C1\C(=O)C(=O)N(c2ccc(F)cc2)C1c1cccnc1. The molecule has 0 saturated carbocycles. The number of benzene rings is 2. The second kappa shape index (κ2) is 8.61. The number of anilines is 1. The maximum absolute atomic E-state index is 13.5. The lowest BCUT2D eigenvalue weighted by Crippen LogP contribution is -2.29. The quantitative estimate of drug-likeness (QED) is 0.322. The fourth-order valence-electron chi connectivity index (χ4n) is 3.64. The predicted octanol–water partition coefficient (Wildman–Crippen LogP) is 5.16. The number of ketones is 1. The predicted molar refractivity (Wildman–Crippen MR) is 118 cm³/mol. The fourth-order valence-corrected chi connectivity index (χ4v) is 4.21. The van der Waals surface area contributed by atoms with E-state index < -0.39 is 29.3 Å². The molecule has 1 fully saturated rings. The van der Waals surface area contributed by atoms with E-state index in [1.807, 2.05) is 0 Å². The van der Waals surface area contributed by atoms with Gasteiger partial charge in [0.15, 0.2) is 0 Å². The van der Waals surface area contributed by atoms with E-state index in [9.17, 15) is 19.1 Å². The van der Waals surface area contributed by atoms with Crippen molar-refractivity contribution in [3.8, 4) is 5.75 Å². The van der Waals surface area contributed by atoms with Gasteiger partial charge in [-0.2, -0.15) is 0 Å². The number of halogens is 3. The third kappa shape index (κ3) is 3.70. The van der Waals surface area contributed by atoms with Crippen LogP contribution in [-0.2, 0) is 9.59 Å². The first-order valence-electron chi connectivity index (χ1n) is 9.33. The van der Waals surface area contributed by atoms with Crippen molar-refractivity contribution in [2.24, 2.45) is 0 Å². The van der Waals surface area contributed by atoms with Crippen LogP contribution in [0.1, 0.15) is 17.2 Å². The topological polar surface area (TPSA) is 79.7 Å². The van der Waals surface area contributed by atoms with Crippen LogP contribution in [0, 0.1) is 5.82 Å². The van der Waals surface area contributed by atoms with Crippen LogP contribution in [-0.4, -0.2) is 28.9 Å². The van der Waals surface area contributed by atoms with Crippen LogP contribution in [0.25, 0.3) is 5.76 Å². The van der Waals surface area contributed by atoms with Gasteiger partial charge in [-0.25, -0.2) is 4.39 Å². The normalized spacial score (nSPS) is 17.6. The number of carbonyl (C=O) groups excluding carboxylic acids is 2. The van der Waals surface area contributed by atoms with Crippen LogP contribution in [0.5, 0.6) is 5.75 Å². The van der Waals surface area contributed by atoms with Crippen molar-refractivity contribution in [2.75, 3.05) is 12.0 Å². The lowest BCUT2D eigenvalue weighted by molar-refractivity contribution is -0.132. The molecule has 2 heterocycles. The number of Topliss-reactive ketones (excluding diaryl/α,β-unsaturated/α-hetero) is 1. The number of aliphatic hydroxyl groups is 1. The van der Waals surface area contributed by atoms with E-state index in [-0.39, 0.29) is 32.6 Å². The van der Waals surface area contributed by atoms with Gasteiger partial charge in [-0.3, -0.25) is 19.5 Å². The van der Waals surface area contributed by atoms with Gasteiger partial charge in [0.1, 0.15) is 17.3 Å². The molecule has 1 unspecified atom stereocenters. The van der Waals surface area contributed by atoms with E-state index >= 15 is 0 Å². The Hall–Kier alpha value is -3.42. The van der Waals surface area contributed by atoms with Crippen molar-refractivity contribution >= 4 is 46.3 Å². The van der Waals surface area contributed by atoms with Crippen molar-refractivity contribution in [1.82, 2.24) is 4.98 Å². The maximum atomic E-state index is 13.5. The molecule has 4 rings (SSSR count). The molecule has 0 aliphatic carbocycles. The van der Waals surface area contributed by atoms with E-state index in [2.05, 4.69) is 4.98 Å². The van der Waals surface area contributed by atoms with Gasteiger partial charge in [0.25, 0.3) is 11.7 Å². The molecule has 1 saturated heterocycles. The van der Waals surface area contributed by atoms with E-state index in [0.29, 0.717) is 5.56 Å². The lowest BCUT2D eigenvalue weighted by atomic mass is 9.95. The minimum Gasteiger partial charge on any atom is -0.507 e. The minimum atomic E-state index is -1.03. The van der Waals surface area contributed by atoms with Crippen molar-refractivity contribution in [1.29, 1.82) is 0 Å². The van der Waals surface area contributed by atoms with Crippen LogP contribution in [0.15, 0.2) is 66.5 Å². The Bertz CT molecular complexity index is 1250. The van der Waals surface area contributed by atoms with Crippen LogP contribution in [0.3, 0.4) is 0 Å². The number of hydrogen-bond acceptors (Lipinski definition) is 5. The Balaban J connectivity index is 1.99. The lowest BCUT2D eigenvalue weighted by Gasteiger charge is -2.25. The second-order valence-corrected chi connectivity index (χ2v) is 7.74. The summed E-state index contributed by atoms with van der Waals surface area (Å²) >= 11 is 12.3. The summed E-state index contributed by atoms with van der Waals surface area (Å²) in [7, 11) is 1.35. The van der Waals surface area contributed by atoms with Crippen molar-refractivity contribution in [2.45, 2.75) is 6.04 Å². The molecular weight excluding hydrogens is 458 g/mol. The van der Waals surface area contributed by atoms with Crippen LogP contribution < -0.4 is 9.64 Å². The number of rotatable bonds is 4. The number of ether oxygens (including phenoxy) is 1. The number of aliphatic hydroxyl groups excluding tert-OH is 1. The smallest absolute Gasteiger partial charge is 0.300 e. The Morgan fingerprint density at radius 2 is 1.88 bits per heavy atom. The van der Waals surface area contributed by atoms with Gasteiger partial charge >= 0.3 is 0 Å². The summed E-state index contributed by atoms with van der Waals surface area (Å²) in [6.45, 7) is 0. The molecule has 2 aromatic carbocycles. The number of methoxy groups -OCH3 is 1. The molecule has 32 heavy (non-hydrogen) atoms. The highest BCUT2D eigenvalue weighted by atomic mass is 35.5. The van der Waals surface area contributed by atoms with Gasteiger partial charge in [0, 0.05) is 23.1 Å². The molecule has 1 atom stereocenters. The van der Waals surface area contributed by atoms with Crippen LogP contribution in [0.2, 0.25) is 10.0 Å². The summed E-state index contributed by atoms with van der Waals surface area (Å²) in [4.78, 5) is 31.4. The molecule has 1 amide bonds. The number of pyridine rings is 1. The average molecular weight is 473 g/mol. The molecule has 1 N–H and O–H groups in total. The van der Waals surface area contributed by atoms with Gasteiger partial charge in [0.05, 0.1) is 29.3 Å². The highest BCUT2D eigenvalue weighted by Gasteiger charge is 2.47. The molecule has 6 nitrogen and oxygen atoms in total. The summed E-state index contributed by atoms with van der Waals surface area (Å²) < 4.78 is 18.8. The van der Waals surface area contributed by atoms with E-state index in [1.54, 1.807) is 12.1 Å².